The van der Waals surface area contributed by atoms with Crippen molar-refractivity contribution in [1.82, 2.24) is 9.55 Å². The third-order valence-electron chi connectivity index (χ3n) is 11.3. The second kappa shape index (κ2) is 9.24. The molecule has 0 atom stereocenters. The van der Waals surface area contributed by atoms with E-state index in [0.29, 0.717) is 0 Å². The van der Waals surface area contributed by atoms with E-state index in [2.05, 4.69) is 139 Å². The molecule has 49 heavy (non-hydrogen) atoms. The summed E-state index contributed by atoms with van der Waals surface area (Å²) in [6, 6.07) is 50.2. The molecular weight excluding hydrogens is 597 g/mol. The summed E-state index contributed by atoms with van der Waals surface area (Å²) in [5.74, 6) is 0.0979. The SMILES string of the molecule is CC1(C)c2ccccc2-c2cc3c4cc(-c5ccc6[nH]c7c8c(ccc7c6c5)-c5ccccc5C8=O)ccc4n(-c4ccccc4)c3cc21. The van der Waals surface area contributed by atoms with Crippen LogP contribution in [0, 0.1) is 0 Å². The molecule has 2 aliphatic carbocycles. The molecule has 2 aliphatic rings. The van der Waals surface area contributed by atoms with E-state index >= 15 is 0 Å². The Morgan fingerprint density at radius 3 is 2.04 bits per heavy atom. The quantitative estimate of drug-likeness (QED) is 0.204. The number of fused-ring (bicyclic) bond motifs is 13. The standard InChI is InChI=1S/C46H30N2O/c1-46(2)38-15-9-8-13-30(38)34-24-37-36-23-27(17-21-41(36)48(42(37)25-39(34)46)28-10-4-3-5-11-28)26-16-20-40-35(22-26)32-19-18-31-29-12-6-7-14-33(29)45(49)43(31)44(32)47-40/h3-25,47H,1-2H3. The first-order chi connectivity index (χ1) is 24.0. The summed E-state index contributed by atoms with van der Waals surface area (Å²) in [6.07, 6.45) is 0. The van der Waals surface area contributed by atoms with Crippen molar-refractivity contribution in [3.8, 4) is 39.1 Å². The van der Waals surface area contributed by atoms with Crippen molar-refractivity contribution in [2.24, 2.45) is 0 Å². The number of hydrogen-bond acceptors (Lipinski definition) is 1. The van der Waals surface area contributed by atoms with Crippen LogP contribution < -0.4 is 0 Å². The van der Waals surface area contributed by atoms with Crippen molar-refractivity contribution < 1.29 is 4.79 Å². The van der Waals surface area contributed by atoms with Gasteiger partial charge in [-0.3, -0.25) is 4.79 Å². The van der Waals surface area contributed by atoms with E-state index in [9.17, 15) is 4.79 Å². The third-order valence-corrected chi connectivity index (χ3v) is 11.3. The van der Waals surface area contributed by atoms with Crippen LogP contribution in [0.1, 0.15) is 40.9 Å². The van der Waals surface area contributed by atoms with Crippen LogP contribution in [0.15, 0.2) is 140 Å². The van der Waals surface area contributed by atoms with Gasteiger partial charge in [0.15, 0.2) is 5.78 Å². The van der Waals surface area contributed by atoms with E-state index in [1.165, 1.54) is 49.6 Å². The maximum absolute atomic E-state index is 13.6. The van der Waals surface area contributed by atoms with Gasteiger partial charge in [-0.2, -0.15) is 0 Å². The highest BCUT2D eigenvalue weighted by atomic mass is 16.1. The van der Waals surface area contributed by atoms with E-state index in [-0.39, 0.29) is 11.2 Å². The van der Waals surface area contributed by atoms with Crippen LogP contribution in [0.4, 0.5) is 0 Å². The zero-order valence-corrected chi connectivity index (χ0v) is 27.1. The number of carbonyl (C=O) groups is 1. The van der Waals surface area contributed by atoms with Gasteiger partial charge in [-0.15, -0.1) is 0 Å². The first-order valence-corrected chi connectivity index (χ1v) is 17.0. The van der Waals surface area contributed by atoms with Crippen molar-refractivity contribution in [3.05, 3.63) is 162 Å². The fourth-order valence-corrected chi connectivity index (χ4v) is 8.91. The maximum Gasteiger partial charge on any atom is 0.196 e. The van der Waals surface area contributed by atoms with Gasteiger partial charge < -0.3 is 9.55 Å². The van der Waals surface area contributed by atoms with Crippen LogP contribution in [0.2, 0.25) is 0 Å². The fourth-order valence-electron chi connectivity index (χ4n) is 8.91. The Labute approximate surface area is 283 Å². The normalized spacial score (nSPS) is 14.1. The molecule has 0 bridgehead atoms. The van der Waals surface area contributed by atoms with E-state index < -0.39 is 0 Å². The van der Waals surface area contributed by atoms with Gasteiger partial charge in [0.2, 0.25) is 0 Å². The number of ketones is 1. The molecular formula is C46H30N2O. The molecule has 11 rings (SSSR count). The van der Waals surface area contributed by atoms with Crippen LogP contribution >= 0.6 is 0 Å². The average Bonchev–Trinajstić information content (AvgIpc) is 3.83. The minimum absolute atomic E-state index is 0.0779. The lowest BCUT2D eigenvalue weighted by atomic mass is 9.82. The fraction of sp³-hybridized carbons (Fsp3) is 0.0652. The van der Waals surface area contributed by atoms with E-state index in [0.717, 1.165) is 55.3 Å². The van der Waals surface area contributed by atoms with Gasteiger partial charge in [-0.1, -0.05) is 105 Å². The topological polar surface area (TPSA) is 37.8 Å². The third kappa shape index (κ3) is 3.44. The highest BCUT2D eigenvalue weighted by molar-refractivity contribution is 6.29. The van der Waals surface area contributed by atoms with Gasteiger partial charge in [0, 0.05) is 43.7 Å². The zero-order valence-electron chi connectivity index (χ0n) is 27.1. The molecule has 0 radical (unpaired) electrons. The van der Waals surface area contributed by atoms with Gasteiger partial charge >= 0.3 is 0 Å². The second-order valence-corrected chi connectivity index (χ2v) is 14.2. The summed E-state index contributed by atoms with van der Waals surface area (Å²) >= 11 is 0. The highest BCUT2D eigenvalue weighted by Crippen LogP contribution is 2.51. The molecule has 7 aromatic carbocycles. The molecule has 0 unspecified atom stereocenters. The molecule has 230 valence electrons. The number of carbonyl (C=O) groups excluding carboxylic acids is 1. The molecule has 0 aliphatic heterocycles. The van der Waals surface area contributed by atoms with Crippen molar-refractivity contribution in [3.63, 3.8) is 0 Å². The molecule has 9 aromatic rings. The van der Waals surface area contributed by atoms with Crippen molar-refractivity contribution >= 4 is 49.4 Å². The Hall–Kier alpha value is -6.19. The highest BCUT2D eigenvalue weighted by Gasteiger charge is 2.36. The average molecular weight is 627 g/mol. The van der Waals surface area contributed by atoms with Crippen LogP contribution in [-0.4, -0.2) is 15.3 Å². The van der Waals surface area contributed by atoms with Crippen molar-refractivity contribution in [1.29, 1.82) is 0 Å². The predicted octanol–water partition coefficient (Wildman–Crippen LogP) is 11.6. The van der Waals surface area contributed by atoms with Crippen LogP contribution in [0.5, 0.6) is 0 Å². The lowest BCUT2D eigenvalue weighted by Crippen LogP contribution is -2.14. The molecule has 2 aromatic heterocycles. The zero-order chi connectivity index (χ0) is 32.6. The molecule has 0 saturated carbocycles. The number of rotatable bonds is 2. The summed E-state index contributed by atoms with van der Waals surface area (Å²) in [4.78, 5) is 17.2. The van der Waals surface area contributed by atoms with Gasteiger partial charge in [-0.05, 0) is 93.0 Å². The summed E-state index contributed by atoms with van der Waals surface area (Å²) in [5, 5.41) is 4.70. The monoisotopic (exact) mass is 626 g/mol. The van der Waals surface area contributed by atoms with Crippen molar-refractivity contribution in [2.45, 2.75) is 19.3 Å². The number of H-pyrrole nitrogens is 1. The van der Waals surface area contributed by atoms with E-state index in [1.807, 2.05) is 24.3 Å². The summed E-state index contributed by atoms with van der Waals surface area (Å²) < 4.78 is 2.42. The molecule has 2 heterocycles. The summed E-state index contributed by atoms with van der Waals surface area (Å²) in [7, 11) is 0. The van der Waals surface area contributed by atoms with Crippen LogP contribution in [-0.2, 0) is 5.41 Å². The minimum Gasteiger partial charge on any atom is -0.354 e. The van der Waals surface area contributed by atoms with Gasteiger partial charge in [0.05, 0.1) is 22.1 Å². The largest absolute Gasteiger partial charge is 0.354 e. The number of nitrogens with zero attached hydrogens (tertiary/aromatic N) is 1. The summed E-state index contributed by atoms with van der Waals surface area (Å²) in [5.41, 5.74) is 16.8. The Kier molecular flexibility index (Phi) is 5.06. The first kappa shape index (κ1) is 26.8. The van der Waals surface area contributed by atoms with Crippen molar-refractivity contribution in [2.75, 3.05) is 0 Å². The Bertz CT molecular complexity index is 2920. The number of nitrogens with one attached hydrogen (secondary N) is 1. The molecule has 0 saturated heterocycles. The lowest BCUT2D eigenvalue weighted by Gasteiger charge is -2.21. The lowest BCUT2D eigenvalue weighted by molar-refractivity contribution is 0.104. The van der Waals surface area contributed by atoms with Crippen LogP contribution in [0.3, 0.4) is 0 Å². The number of aromatic amines is 1. The minimum atomic E-state index is -0.0779. The first-order valence-electron chi connectivity index (χ1n) is 17.0. The van der Waals surface area contributed by atoms with Gasteiger partial charge in [0.1, 0.15) is 0 Å². The smallest absolute Gasteiger partial charge is 0.196 e. The second-order valence-electron chi connectivity index (χ2n) is 14.2. The maximum atomic E-state index is 13.6. The number of aromatic nitrogens is 2. The predicted molar refractivity (Wildman–Crippen MR) is 202 cm³/mol. The molecule has 3 nitrogen and oxygen atoms in total. The molecule has 3 heteroatoms. The van der Waals surface area contributed by atoms with E-state index in [4.69, 9.17) is 0 Å². The molecule has 0 amide bonds. The molecule has 1 N–H and O–H groups in total. The van der Waals surface area contributed by atoms with E-state index in [1.54, 1.807) is 0 Å². The van der Waals surface area contributed by atoms with Gasteiger partial charge in [0.25, 0.3) is 0 Å². The van der Waals surface area contributed by atoms with Gasteiger partial charge in [-0.25, -0.2) is 0 Å². The van der Waals surface area contributed by atoms with Crippen LogP contribution in [0.25, 0.3) is 82.7 Å². The Morgan fingerprint density at radius 2 is 1.20 bits per heavy atom. The molecule has 0 spiro atoms. The Balaban J connectivity index is 1.13. The molecule has 0 fully saturated rings. The number of para-hydroxylation sites is 1. The Morgan fingerprint density at radius 1 is 0.510 bits per heavy atom. The summed E-state index contributed by atoms with van der Waals surface area (Å²) in [6.45, 7) is 4.70. The number of hydrogen-bond donors (Lipinski definition) is 1. The number of benzene rings is 7.